The van der Waals surface area contributed by atoms with Crippen LogP contribution in [0.2, 0.25) is 5.02 Å². The summed E-state index contributed by atoms with van der Waals surface area (Å²) in [5, 5.41) is 1.08. The second kappa shape index (κ2) is 8.22. The maximum absolute atomic E-state index is 13.0. The van der Waals surface area contributed by atoms with Crippen LogP contribution in [-0.4, -0.2) is 26.3 Å². The lowest BCUT2D eigenvalue weighted by atomic mass is 9.83. The van der Waals surface area contributed by atoms with Crippen LogP contribution in [0, 0.1) is 0 Å². The summed E-state index contributed by atoms with van der Waals surface area (Å²) in [6.45, 7) is 0.243. The first-order valence-electron chi connectivity index (χ1n) is 9.16. The molecule has 2 N–H and O–H groups in total. The fourth-order valence-electron chi connectivity index (χ4n) is 3.45. The van der Waals surface area contributed by atoms with Gasteiger partial charge in [0.1, 0.15) is 17.8 Å². The number of esters is 1. The zero-order valence-corrected chi connectivity index (χ0v) is 16.8. The maximum Gasteiger partial charge on any atom is 0.344 e. The van der Waals surface area contributed by atoms with Crippen LogP contribution in [0.15, 0.2) is 69.2 Å². The molecule has 3 aromatic rings. The number of methoxy groups -OCH3 is 1. The molecule has 0 aliphatic carbocycles. The van der Waals surface area contributed by atoms with Gasteiger partial charge in [-0.3, -0.25) is 0 Å². The predicted molar refractivity (Wildman–Crippen MR) is 110 cm³/mol. The number of benzene rings is 2. The third-order valence-corrected chi connectivity index (χ3v) is 5.05. The smallest absolute Gasteiger partial charge is 0.344 e. The van der Waals surface area contributed by atoms with Crippen molar-refractivity contribution in [3.8, 4) is 5.75 Å². The van der Waals surface area contributed by atoms with Crippen molar-refractivity contribution in [3.63, 3.8) is 0 Å². The highest BCUT2D eigenvalue weighted by molar-refractivity contribution is 6.30. The molecular formula is C22H18ClNO6. The lowest BCUT2D eigenvalue weighted by Gasteiger charge is -2.28. The molecule has 154 valence electrons. The first kappa shape index (κ1) is 20.0. The number of fused-ring (bicyclic) bond motifs is 3. The summed E-state index contributed by atoms with van der Waals surface area (Å²) in [4.78, 5) is 25.8. The van der Waals surface area contributed by atoms with Gasteiger partial charge in [-0.2, -0.15) is 0 Å². The molecule has 2 aromatic carbocycles. The van der Waals surface area contributed by atoms with Crippen molar-refractivity contribution in [1.82, 2.24) is 0 Å². The summed E-state index contributed by atoms with van der Waals surface area (Å²) in [6.07, 6.45) is 0. The summed E-state index contributed by atoms with van der Waals surface area (Å²) >= 11 is 6.03. The molecule has 7 nitrogen and oxygen atoms in total. The van der Waals surface area contributed by atoms with E-state index in [-0.39, 0.29) is 36.0 Å². The van der Waals surface area contributed by atoms with Crippen LogP contribution in [0.1, 0.15) is 17.0 Å². The van der Waals surface area contributed by atoms with Crippen LogP contribution in [0.3, 0.4) is 0 Å². The number of hydrogen-bond donors (Lipinski definition) is 1. The topological polar surface area (TPSA) is 101 Å². The highest BCUT2D eigenvalue weighted by Crippen LogP contribution is 2.44. The summed E-state index contributed by atoms with van der Waals surface area (Å²) in [5.74, 6) is -1.43. The van der Waals surface area contributed by atoms with Crippen LogP contribution < -0.4 is 16.1 Å². The molecule has 1 aromatic heterocycles. The third-order valence-electron chi connectivity index (χ3n) is 4.80. The van der Waals surface area contributed by atoms with Crippen molar-refractivity contribution >= 4 is 28.5 Å². The van der Waals surface area contributed by atoms with Gasteiger partial charge in [0.2, 0.25) is 5.88 Å². The number of hydrogen-bond acceptors (Lipinski definition) is 7. The van der Waals surface area contributed by atoms with Crippen LogP contribution in [0.4, 0.5) is 0 Å². The van der Waals surface area contributed by atoms with Crippen molar-refractivity contribution in [2.75, 3.05) is 20.3 Å². The Bertz CT molecular complexity index is 1200. The van der Waals surface area contributed by atoms with Crippen LogP contribution in [0.5, 0.6) is 5.75 Å². The van der Waals surface area contributed by atoms with Crippen molar-refractivity contribution in [2.24, 2.45) is 5.73 Å². The van der Waals surface area contributed by atoms with Gasteiger partial charge in [0.25, 0.3) is 0 Å². The normalized spacial score (nSPS) is 15.6. The highest BCUT2D eigenvalue weighted by Gasteiger charge is 2.39. The third kappa shape index (κ3) is 3.53. The molecule has 8 heteroatoms. The van der Waals surface area contributed by atoms with E-state index in [9.17, 15) is 9.59 Å². The van der Waals surface area contributed by atoms with Gasteiger partial charge in [0.05, 0.1) is 23.5 Å². The summed E-state index contributed by atoms with van der Waals surface area (Å²) in [7, 11) is 1.49. The van der Waals surface area contributed by atoms with Crippen LogP contribution in [0.25, 0.3) is 11.0 Å². The van der Waals surface area contributed by atoms with E-state index in [4.69, 9.17) is 36.0 Å². The highest BCUT2D eigenvalue weighted by atomic mass is 35.5. The number of carbonyl (C=O) groups is 1. The number of carbonyl (C=O) groups excluding carboxylic acids is 1. The fourth-order valence-corrected chi connectivity index (χ4v) is 3.57. The molecule has 1 aliphatic rings. The van der Waals surface area contributed by atoms with E-state index < -0.39 is 17.5 Å². The number of halogens is 1. The SMILES string of the molecule is COCCOC(=O)C1=C(N)Oc2c(c(=O)oc3ccccc23)[C@H]1c1ccc(Cl)cc1. The number of ether oxygens (including phenoxy) is 3. The zero-order chi connectivity index (χ0) is 21.3. The van der Waals surface area contributed by atoms with Crippen molar-refractivity contribution in [2.45, 2.75) is 5.92 Å². The number of para-hydroxylation sites is 1. The molecule has 0 fully saturated rings. The fraction of sp³-hybridized carbons (Fsp3) is 0.182. The monoisotopic (exact) mass is 427 g/mol. The van der Waals surface area contributed by atoms with E-state index in [1.807, 2.05) is 0 Å². The van der Waals surface area contributed by atoms with Crippen molar-refractivity contribution in [3.05, 3.63) is 86.6 Å². The van der Waals surface area contributed by atoms with Gasteiger partial charge in [0, 0.05) is 12.1 Å². The van der Waals surface area contributed by atoms with Gasteiger partial charge in [0.15, 0.2) is 5.75 Å². The Labute approximate surface area is 176 Å². The van der Waals surface area contributed by atoms with E-state index in [0.29, 0.717) is 21.6 Å². The van der Waals surface area contributed by atoms with Crippen molar-refractivity contribution < 1.29 is 23.4 Å². The number of rotatable bonds is 5. The zero-order valence-electron chi connectivity index (χ0n) is 16.0. The quantitative estimate of drug-likeness (QED) is 0.378. The Balaban J connectivity index is 1.93. The van der Waals surface area contributed by atoms with Crippen LogP contribution >= 0.6 is 11.6 Å². The molecule has 1 atom stereocenters. The Morgan fingerprint density at radius 3 is 2.60 bits per heavy atom. The molecule has 0 unspecified atom stereocenters. The van der Waals surface area contributed by atoms with Gasteiger partial charge in [-0.1, -0.05) is 35.9 Å². The summed E-state index contributed by atoms with van der Waals surface area (Å²) < 4.78 is 21.5. The Morgan fingerprint density at radius 1 is 1.13 bits per heavy atom. The van der Waals surface area contributed by atoms with Gasteiger partial charge < -0.3 is 24.4 Å². The molecule has 0 spiro atoms. The lowest BCUT2D eigenvalue weighted by Crippen LogP contribution is -2.31. The molecule has 0 radical (unpaired) electrons. The minimum absolute atomic E-state index is 0.0171. The molecular weight excluding hydrogens is 410 g/mol. The Kier molecular flexibility index (Phi) is 5.48. The molecule has 30 heavy (non-hydrogen) atoms. The molecule has 0 saturated carbocycles. The van der Waals surface area contributed by atoms with Gasteiger partial charge in [-0.05, 0) is 29.8 Å². The van der Waals surface area contributed by atoms with E-state index in [1.165, 1.54) is 7.11 Å². The maximum atomic E-state index is 13.0. The van der Waals surface area contributed by atoms with Gasteiger partial charge in [-0.25, -0.2) is 9.59 Å². The molecule has 0 amide bonds. The summed E-state index contributed by atoms with van der Waals surface area (Å²) in [6, 6.07) is 13.7. The molecule has 2 heterocycles. The first-order chi connectivity index (χ1) is 14.5. The van der Waals surface area contributed by atoms with E-state index >= 15 is 0 Å². The van der Waals surface area contributed by atoms with Crippen molar-refractivity contribution in [1.29, 1.82) is 0 Å². The molecule has 0 bridgehead atoms. The molecule has 4 rings (SSSR count). The van der Waals surface area contributed by atoms with E-state index in [1.54, 1.807) is 48.5 Å². The van der Waals surface area contributed by atoms with Crippen LogP contribution in [-0.2, 0) is 14.3 Å². The Hall–Kier alpha value is -3.29. The molecule has 0 saturated heterocycles. The summed E-state index contributed by atoms with van der Waals surface area (Å²) in [5.41, 5.74) is 6.70. The average Bonchev–Trinajstić information content (AvgIpc) is 2.73. The van der Waals surface area contributed by atoms with E-state index in [0.717, 1.165) is 0 Å². The minimum atomic E-state index is -0.845. The second-order valence-corrected chi connectivity index (χ2v) is 7.06. The minimum Gasteiger partial charge on any atom is -0.460 e. The Morgan fingerprint density at radius 2 is 1.87 bits per heavy atom. The number of nitrogens with two attached hydrogens (primary N) is 1. The van der Waals surface area contributed by atoms with E-state index in [2.05, 4.69) is 0 Å². The standard InChI is InChI=1S/C22H18ClNO6/c1-27-10-11-28-21(25)18-16(12-6-8-13(23)9-7-12)17-19(30-20(18)24)14-4-2-3-5-15(14)29-22(17)26/h2-9,16H,10-11,24H2,1H3/t16-/m1/s1. The average molecular weight is 428 g/mol. The largest absolute Gasteiger partial charge is 0.460 e. The van der Waals surface area contributed by atoms with Gasteiger partial charge >= 0.3 is 11.6 Å². The molecule has 1 aliphatic heterocycles. The predicted octanol–water partition coefficient (Wildman–Crippen LogP) is 3.33. The van der Waals surface area contributed by atoms with Gasteiger partial charge in [-0.15, -0.1) is 0 Å². The lowest BCUT2D eigenvalue weighted by molar-refractivity contribution is -0.140. The second-order valence-electron chi connectivity index (χ2n) is 6.62. The first-order valence-corrected chi connectivity index (χ1v) is 9.53.